The van der Waals surface area contributed by atoms with Gasteiger partial charge < -0.3 is 19.9 Å². The van der Waals surface area contributed by atoms with Crippen molar-refractivity contribution < 1.29 is 38.7 Å². The largest absolute Gasteiger partial charge is 0.508 e. The van der Waals surface area contributed by atoms with Crippen LogP contribution in [-0.4, -0.2) is 46.0 Å². The van der Waals surface area contributed by atoms with Gasteiger partial charge in [0.2, 0.25) is 5.91 Å². The summed E-state index contributed by atoms with van der Waals surface area (Å²) >= 11 is 0. The topological polar surface area (TPSA) is 162 Å². The summed E-state index contributed by atoms with van der Waals surface area (Å²) in [5.74, 6) is -3.00. The quantitative estimate of drug-likeness (QED) is 0.206. The zero-order valence-electron chi connectivity index (χ0n) is 14.8. The van der Waals surface area contributed by atoms with E-state index in [4.69, 9.17) is 14.6 Å². The maximum atomic E-state index is 11.8. The van der Waals surface area contributed by atoms with Gasteiger partial charge in [-0.1, -0.05) is 0 Å². The third-order valence-corrected chi connectivity index (χ3v) is 4.15. The number of nitrogens with one attached hydrogen (secondary N) is 1. The van der Waals surface area contributed by atoms with Crippen LogP contribution in [0.3, 0.4) is 0 Å². The summed E-state index contributed by atoms with van der Waals surface area (Å²) in [6.07, 6.45) is -2.75. The number of hydrogen-bond donors (Lipinski definition) is 2. The first-order valence-corrected chi connectivity index (χ1v) is 8.28. The third-order valence-electron chi connectivity index (χ3n) is 4.15. The molecule has 3 atom stereocenters. The van der Waals surface area contributed by atoms with Crippen LogP contribution in [0.4, 0.5) is 10.5 Å². The highest BCUT2D eigenvalue weighted by atomic mass is 16.7. The number of rotatable bonds is 9. The molecule has 2 N–H and O–H groups in total. The van der Waals surface area contributed by atoms with Gasteiger partial charge in [-0.3, -0.25) is 24.5 Å². The van der Waals surface area contributed by atoms with Crippen LogP contribution in [0.5, 0.6) is 0 Å². The van der Waals surface area contributed by atoms with Crippen LogP contribution in [0.15, 0.2) is 24.3 Å². The van der Waals surface area contributed by atoms with E-state index in [0.29, 0.717) is 5.56 Å². The van der Waals surface area contributed by atoms with Gasteiger partial charge in [-0.2, -0.15) is 0 Å². The summed E-state index contributed by atoms with van der Waals surface area (Å²) < 4.78 is 9.96. The predicted molar refractivity (Wildman–Crippen MR) is 91.1 cm³/mol. The Hall–Kier alpha value is -3.50. The number of non-ortho nitro benzene ring substituents is 1. The molecule has 0 bridgehead atoms. The van der Waals surface area contributed by atoms with Gasteiger partial charge >= 0.3 is 12.1 Å². The van der Waals surface area contributed by atoms with Crippen molar-refractivity contribution in [3.05, 3.63) is 39.9 Å². The second kappa shape index (κ2) is 8.93. The van der Waals surface area contributed by atoms with Gasteiger partial charge in [0.15, 0.2) is 0 Å². The average Bonchev–Trinajstić information content (AvgIpc) is 2.58. The molecular formula is C17H18N2O9. The molecule has 0 spiro atoms. The Kier molecular flexibility index (Phi) is 6.64. The third kappa shape index (κ3) is 5.50. The smallest absolute Gasteiger partial charge is 0.481 e. The van der Waals surface area contributed by atoms with E-state index < -0.39 is 53.2 Å². The standard InChI is InChI=1S/C17H18N2O9/c1-9(15-13(18-16(15)23)6-12(20)7-14(21)22)28-17(24)27-8-10-2-4-11(5-3-10)19(25)26/h2-5,9,13,15H,6-8H2,1H3,(H,18,23)(H,21,22)/t9-,13?,15?/m0/s1. The first-order chi connectivity index (χ1) is 13.2. The number of benzene rings is 1. The molecule has 0 aromatic heterocycles. The maximum Gasteiger partial charge on any atom is 0.508 e. The molecular weight excluding hydrogens is 376 g/mol. The molecule has 1 aromatic rings. The van der Waals surface area contributed by atoms with Crippen LogP contribution in [0, 0.1) is 16.0 Å². The Morgan fingerprint density at radius 2 is 1.93 bits per heavy atom. The molecule has 2 unspecified atom stereocenters. The van der Waals surface area contributed by atoms with Crippen molar-refractivity contribution in [1.82, 2.24) is 5.32 Å². The van der Waals surface area contributed by atoms with Crippen molar-refractivity contribution in [2.45, 2.75) is 38.5 Å². The Bertz CT molecular complexity index is 790. The van der Waals surface area contributed by atoms with Crippen LogP contribution in [0.25, 0.3) is 0 Å². The second-order valence-electron chi connectivity index (χ2n) is 6.24. The van der Waals surface area contributed by atoms with E-state index >= 15 is 0 Å². The average molecular weight is 394 g/mol. The molecule has 11 heteroatoms. The van der Waals surface area contributed by atoms with Crippen LogP contribution in [-0.2, 0) is 30.5 Å². The molecule has 1 aliphatic heterocycles. The zero-order chi connectivity index (χ0) is 20.8. The summed E-state index contributed by atoms with van der Waals surface area (Å²) in [5.41, 5.74) is 0.410. The normalized spacial score (nSPS) is 19.0. The number of aliphatic carboxylic acids is 1. The minimum atomic E-state index is -1.26. The van der Waals surface area contributed by atoms with Crippen molar-refractivity contribution in [3.63, 3.8) is 0 Å². The summed E-state index contributed by atoms with van der Waals surface area (Å²) in [6.45, 7) is 1.28. The van der Waals surface area contributed by atoms with Crippen LogP contribution >= 0.6 is 0 Å². The SMILES string of the molecule is C[C@H](OC(=O)OCc1ccc([N+](=O)[O-])cc1)C1C(=O)NC1CC(=O)CC(=O)O. The van der Waals surface area contributed by atoms with Gasteiger partial charge in [0, 0.05) is 18.6 Å². The molecule has 1 aromatic carbocycles. The number of ketones is 1. The number of Topliss-reactive ketones (excluding diaryl/α,β-unsaturated/α-hetero) is 1. The number of hydrogen-bond acceptors (Lipinski definition) is 8. The number of carboxylic acid groups (broad SMARTS) is 1. The van der Waals surface area contributed by atoms with Crippen molar-refractivity contribution in [3.8, 4) is 0 Å². The van der Waals surface area contributed by atoms with Gasteiger partial charge in [0.05, 0.1) is 16.9 Å². The van der Waals surface area contributed by atoms with Gasteiger partial charge in [-0.25, -0.2) is 4.79 Å². The number of carboxylic acids is 1. The van der Waals surface area contributed by atoms with E-state index in [9.17, 15) is 29.3 Å². The molecule has 1 saturated heterocycles. The number of nitro benzene ring substituents is 1. The molecule has 1 heterocycles. The van der Waals surface area contributed by atoms with Gasteiger partial charge in [0.25, 0.3) is 5.69 Å². The van der Waals surface area contributed by atoms with Gasteiger partial charge in [-0.15, -0.1) is 0 Å². The summed E-state index contributed by atoms with van der Waals surface area (Å²) in [7, 11) is 0. The van der Waals surface area contributed by atoms with Crippen LogP contribution < -0.4 is 5.32 Å². The van der Waals surface area contributed by atoms with Gasteiger partial charge in [-0.05, 0) is 24.6 Å². The van der Waals surface area contributed by atoms with E-state index in [0.717, 1.165) is 0 Å². The predicted octanol–water partition coefficient (Wildman–Crippen LogP) is 1.19. The van der Waals surface area contributed by atoms with E-state index in [1.807, 2.05) is 0 Å². The van der Waals surface area contributed by atoms with Crippen LogP contribution in [0.2, 0.25) is 0 Å². The lowest BCUT2D eigenvalue weighted by Gasteiger charge is -2.39. The van der Waals surface area contributed by atoms with Crippen molar-refractivity contribution in [2.24, 2.45) is 5.92 Å². The molecule has 0 radical (unpaired) electrons. The molecule has 0 aliphatic carbocycles. The Morgan fingerprint density at radius 1 is 1.29 bits per heavy atom. The second-order valence-corrected chi connectivity index (χ2v) is 6.24. The number of carbonyl (C=O) groups is 4. The van der Waals surface area contributed by atoms with E-state index in [1.165, 1.54) is 31.2 Å². The fourth-order valence-corrected chi connectivity index (χ4v) is 2.77. The molecule has 2 rings (SSSR count). The minimum absolute atomic E-state index is 0.0977. The highest BCUT2D eigenvalue weighted by Gasteiger charge is 2.45. The molecule has 28 heavy (non-hydrogen) atoms. The molecule has 0 saturated carbocycles. The Morgan fingerprint density at radius 3 is 2.46 bits per heavy atom. The Balaban J connectivity index is 1.82. The number of nitrogens with zero attached hydrogens (tertiary/aromatic N) is 1. The lowest BCUT2D eigenvalue weighted by Crippen LogP contribution is -2.63. The van der Waals surface area contributed by atoms with Crippen molar-refractivity contribution in [1.29, 1.82) is 0 Å². The molecule has 1 aliphatic rings. The molecule has 1 fully saturated rings. The van der Waals surface area contributed by atoms with Crippen molar-refractivity contribution >= 4 is 29.5 Å². The highest BCUT2D eigenvalue weighted by molar-refractivity contribution is 5.96. The van der Waals surface area contributed by atoms with E-state index in [1.54, 1.807) is 0 Å². The number of nitro groups is 1. The first kappa shape index (κ1) is 20.8. The summed E-state index contributed by atoms with van der Waals surface area (Å²) in [4.78, 5) is 55.6. The highest BCUT2D eigenvalue weighted by Crippen LogP contribution is 2.25. The number of ether oxygens (including phenoxy) is 2. The van der Waals surface area contributed by atoms with Crippen LogP contribution in [0.1, 0.15) is 25.3 Å². The molecule has 1 amide bonds. The lowest BCUT2D eigenvalue weighted by atomic mass is 9.82. The van der Waals surface area contributed by atoms with Crippen molar-refractivity contribution in [2.75, 3.05) is 0 Å². The maximum absolute atomic E-state index is 11.8. The minimum Gasteiger partial charge on any atom is -0.481 e. The molecule has 11 nitrogen and oxygen atoms in total. The fourth-order valence-electron chi connectivity index (χ4n) is 2.77. The summed E-state index contributed by atoms with van der Waals surface area (Å²) in [5, 5.41) is 21.7. The monoisotopic (exact) mass is 394 g/mol. The fraction of sp³-hybridized carbons (Fsp3) is 0.412. The number of amides is 1. The zero-order valence-corrected chi connectivity index (χ0v) is 14.8. The van der Waals surface area contributed by atoms with Gasteiger partial charge in [0.1, 0.15) is 24.9 Å². The summed E-state index contributed by atoms with van der Waals surface area (Å²) in [6, 6.07) is 4.78. The Labute approximate surface area is 158 Å². The number of β-lactam (4-membered cyclic amide) rings is 1. The lowest BCUT2D eigenvalue weighted by molar-refractivity contribution is -0.384. The first-order valence-electron chi connectivity index (χ1n) is 8.28. The van der Waals surface area contributed by atoms with E-state index in [2.05, 4.69) is 5.32 Å². The van der Waals surface area contributed by atoms with E-state index in [-0.39, 0.29) is 18.7 Å². The molecule has 150 valence electrons. The number of carbonyl (C=O) groups excluding carboxylic acids is 3.